The quantitative estimate of drug-likeness (QED) is 0.803. The predicted octanol–water partition coefficient (Wildman–Crippen LogP) is 4.92. The SMILES string of the molecule is OC(CCCc1ccccc1)Cc1ccc(Cl)cc1Cl. The lowest BCUT2D eigenvalue weighted by molar-refractivity contribution is 0.162. The molecule has 0 radical (unpaired) electrons. The van der Waals surface area contributed by atoms with Crippen LogP contribution in [0.2, 0.25) is 10.0 Å². The first kappa shape index (κ1) is 15.4. The van der Waals surface area contributed by atoms with Crippen molar-refractivity contribution in [2.75, 3.05) is 0 Å². The number of benzene rings is 2. The van der Waals surface area contributed by atoms with Crippen molar-refractivity contribution in [2.24, 2.45) is 0 Å². The monoisotopic (exact) mass is 308 g/mol. The summed E-state index contributed by atoms with van der Waals surface area (Å²) in [4.78, 5) is 0. The van der Waals surface area contributed by atoms with Crippen molar-refractivity contribution in [3.8, 4) is 0 Å². The van der Waals surface area contributed by atoms with E-state index in [2.05, 4.69) is 12.1 Å². The van der Waals surface area contributed by atoms with Gasteiger partial charge in [-0.1, -0.05) is 59.6 Å². The van der Waals surface area contributed by atoms with Gasteiger partial charge in [0.15, 0.2) is 0 Å². The Morgan fingerprint density at radius 1 is 1.00 bits per heavy atom. The Kier molecular flexibility index (Phi) is 5.90. The summed E-state index contributed by atoms with van der Waals surface area (Å²) in [7, 11) is 0. The van der Waals surface area contributed by atoms with Gasteiger partial charge in [0, 0.05) is 10.0 Å². The maximum absolute atomic E-state index is 10.1. The molecule has 0 amide bonds. The molecule has 2 aromatic carbocycles. The second-order valence-electron chi connectivity index (χ2n) is 4.97. The zero-order valence-corrected chi connectivity index (χ0v) is 12.7. The summed E-state index contributed by atoms with van der Waals surface area (Å²) in [5, 5.41) is 11.3. The zero-order chi connectivity index (χ0) is 14.4. The fourth-order valence-corrected chi connectivity index (χ4v) is 2.72. The molecule has 1 unspecified atom stereocenters. The van der Waals surface area contributed by atoms with Gasteiger partial charge in [-0.2, -0.15) is 0 Å². The van der Waals surface area contributed by atoms with E-state index in [4.69, 9.17) is 23.2 Å². The van der Waals surface area contributed by atoms with Gasteiger partial charge in [0.25, 0.3) is 0 Å². The van der Waals surface area contributed by atoms with Crippen LogP contribution in [-0.2, 0) is 12.8 Å². The first-order valence-corrected chi connectivity index (χ1v) is 7.56. The molecule has 0 saturated heterocycles. The maximum Gasteiger partial charge on any atom is 0.0581 e. The van der Waals surface area contributed by atoms with Crippen LogP contribution in [0.3, 0.4) is 0 Å². The Balaban J connectivity index is 1.79. The number of rotatable bonds is 6. The smallest absolute Gasteiger partial charge is 0.0581 e. The highest BCUT2D eigenvalue weighted by atomic mass is 35.5. The summed E-state index contributed by atoms with van der Waals surface area (Å²) in [6.45, 7) is 0. The Morgan fingerprint density at radius 2 is 1.75 bits per heavy atom. The molecular weight excluding hydrogens is 291 g/mol. The van der Waals surface area contributed by atoms with Crippen molar-refractivity contribution >= 4 is 23.2 Å². The second-order valence-corrected chi connectivity index (χ2v) is 5.82. The third-order valence-corrected chi connectivity index (χ3v) is 3.90. The van der Waals surface area contributed by atoms with Crippen LogP contribution in [0.15, 0.2) is 48.5 Å². The maximum atomic E-state index is 10.1. The van der Waals surface area contributed by atoms with Gasteiger partial charge in [-0.15, -0.1) is 0 Å². The predicted molar refractivity (Wildman–Crippen MR) is 85.6 cm³/mol. The molecule has 0 aliphatic carbocycles. The molecule has 0 bridgehead atoms. The molecule has 1 atom stereocenters. The molecule has 0 aliphatic heterocycles. The normalized spacial score (nSPS) is 12.3. The Hall–Kier alpha value is -1.02. The van der Waals surface area contributed by atoms with Crippen molar-refractivity contribution < 1.29 is 5.11 Å². The number of aliphatic hydroxyl groups is 1. The highest BCUT2D eigenvalue weighted by Gasteiger charge is 2.09. The average molecular weight is 309 g/mol. The van der Waals surface area contributed by atoms with Gasteiger partial charge in [-0.3, -0.25) is 0 Å². The summed E-state index contributed by atoms with van der Waals surface area (Å²) >= 11 is 12.0. The highest BCUT2D eigenvalue weighted by Crippen LogP contribution is 2.23. The lowest BCUT2D eigenvalue weighted by Crippen LogP contribution is -2.11. The van der Waals surface area contributed by atoms with Crippen LogP contribution < -0.4 is 0 Å². The minimum Gasteiger partial charge on any atom is -0.393 e. The summed E-state index contributed by atoms with van der Waals surface area (Å²) in [5.41, 5.74) is 2.26. The molecule has 0 saturated carbocycles. The Morgan fingerprint density at radius 3 is 2.45 bits per heavy atom. The van der Waals surface area contributed by atoms with E-state index in [1.807, 2.05) is 24.3 Å². The highest BCUT2D eigenvalue weighted by molar-refractivity contribution is 6.35. The van der Waals surface area contributed by atoms with Crippen molar-refractivity contribution in [1.29, 1.82) is 0 Å². The lowest BCUT2D eigenvalue weighted by atomic mass is 10.0. The number of halogens is 2. The zero-order valence-electron chi connectivity index (χ0n) is 11.2. The third kappa shape index (κ3) is 4.82. The molecule has 2 rings (SSSR count). The summed E-state index contributed by atoms with van der Waals surface area (Å²) in [5.74, 6) is 0. The average Bonchev–Trinajstić information content (AvgIpc) is 2.43. The van der Waals surface area contributed by atoms with E-state index < -0.39 is 0 Å². The van der Waals surface area contributed by atoms with Crippen molar-refractivity contribution in [3.05, 3.63) is 69.7 Å². The van der Waals surface area contributed by atoms with Crippen molar-refractivity contribution in [1.82, 2.24) is 0 Å². The molecule has 0 heterocycles. The molecule has 106 valence electrons. The summed E-state index contributed by atoms with van der Waals surface area (Å²) in [6, 6.07) is 15.7. The molecule has 0 spiro atoms. The molecule has 1 nitrogen and oxygen atoms in total. The first-order chi connectivity index (χ1) is 9.65. The van der Waals surface area contributed by atoms with Crippen molar-refractivity contribution in [2.45, 2.75) is 31.8 Å². The topological polar surface area (TPSA) is 20.2 Å². The van der Waals surface area contributed by atoms with Gasteiger partial charge in [-0.25, -0.2) is 0 Å². The minimum atomic E-state index is -0.364. The van der Waals surface area contributed by atoms with E-state index in [0.29, 0.717) is 16.5 Å². The van der Waals surface area contributed by atoms with E-state index in [0.717, 1.165) is 24.8 Å². The van der Waals surface area contributed by atoms with Crippen LogP contribution in [0.4, 0.5) is 0 Å². The molecule has 2 aromatic rings. The molecule has 0 aliphatic rings. The van der Waals surface area contributed by atoms with E-state index >= 15 is 0 Å². The minimum absolute atomic E-state index is 0.364. The van der Waals surface area contributed by atoms with Crippen LogP contribution in [0.1, 0.15) is 24.0 Å². The van der Waals surface area contributed by atoms with Crippen molar-refractivity contribution in [3.63, 3.8) is 0 Å². The largest absolute Gasteiger partial charge is 0.393 e. The van der Waals surface area contributed by atoms with E-state index in [1.165, 1.54) is 5.56 Å². The number of aryl methyl sites for hydroxylation is 1. The third-order valence-electron chi connectivity index (χ3n) is 3.32. The molecule has 0 fully saturated rings. The lowest BCUT2D eigenvalue weighted by Gasteiger charge is -2.12. The van der Waals surface area contributed by atoms with E-state index in [1.54, 1.807) is 12.1 Å². The van der Waals surface area contributed by atoms with Crippen LogP contribution in [-0.4, -0.2) is 11.2 Å². The Bertz CT molecular complexity index is 540. The first-order valence-electron chi connectivity index (χ1n) is 6.81. The van der Waals surface area contributed by atoms with Crippen LogP contribution >= 0.6 is 23.2 Å². The van der Waals surface area contributed by atoms with Gasteiger partial charge in [0.1, 0.15) is 0 Å². The number of hydrogen-bond acceptors (Lipinski definition) is 1. The van der Waals surface area contributed by atoms with Gasteiger partial charge in [0.05, 0.1) is 6.10 Å². The number of aliphatic hydroxyl groups excluding tert-OH is 1. The van der Waals surface area contributed by atoms with Gasteiger partial charge >= 0.3 is 0 Å². The fraction of sp³-hybridized carbons (Fsp3) is 0.294. The van der Waals surface area contributed by atoms with Gasteiger partial charge in [-0.05, 0) is 48.9 Å². The van der Waals surface area contributed by atoms with Gasteiger partial charge in [0.2, 0.25) is 0 Å². The summed E-state index contributed by atoms with van der Waals surface area (Å²) in [6.07, 6.45) is 2.94. The molecule has 3 heteroatoms. The van der Waals surface area contributed by atoms with Crippen LogP contribution in [0, 0.1) is 0 Å². The molecular formula is C17H18Cl2O. The molecule has 0 aromatic heterocycles. The van der Waals surface area contributed by atoms with Crippen LogP contribution in [0.5, 0.6) is 0 Å². The fourth-order valence-electron chi connectivity index (χ4n) is 2.23. The van der Waals surface area contributed by atoms with Crippen LogP contribution in [0.25, 0.3) is 0 Å². The standard InChI is InChI=1S/C17H18Cl2O/c18-15-10-9-14(17(19)12-15)11-16(20)8-4-7-13-5-2-1-3-6-13/h1-3,5-6,9-10,12,16,20H,4,7-8,11H2. The number of hydrogen-bond donors (Lipinski definition) is 1. The van der Waals surface area contributed by atoms with E-state index in [9.17, 15) is 5.11 Å². The molecule has 20 heavy (non-hydrogen) atoms. The van der Waals surface area contributed by atoms with E-state index in [-0.39, 0.29) is 6.10 Å². The second kappa shape index (κ2) is 7.68. The van der Waals surface area contributed by atoms with Gasteiger partial charge < -0.3 is 5.11 Å². The molecule has 1 N–H and O–H groups in total. The summed E-state index contributed by atoms with van der Waals surface area (Å²) < 4.78 is 0. The Labute approximate surface area is 130 Å².